The molecule has 1 N–H and O–H groups in total. The molecule has 0 bridgehead atoms. The minimum absolute atomic E-state index is 0.232. The highest BCUT2D eigenvalue weighted by Gasteiger charge is 2.41. The van der Waals surface area contributed by atoms with Crippen LogP contribution in [0, 0.1) is 6.92 Å². The van der Waals surface area contributed by atoms with Gasteiger partial charge in [0.25, 0.3) is 0 Å². The van der Waals surface area contributed by atoms with Crippen molar-refractivity contribution in [1.29, 1.82) is 0 Å². The van der Waals surface area contributed by atoms with Crippen LogP contribution >= 0.6 is 0 Å². The standard InChI is InChI=1S/C35H32N6O3/c1-5-44-26-18-15-23(16-19-26)32-31-22(2)39-41(25-11-7-6-8-12-25)34(31)38-35-33(37-27-13-9-10-14-28(27)40(32)35)36-24-17-20-29(42-3)30(21-24)43-4/h6-21,32H,5H2,1-4H3,(H,36,37)/t32-/m1/s1. The zero-order valence-electron chi connectivity index (χ0n) is 25.0. The highest BCUT2D eigenvalue weighted by molar-refractivity contribution is 6.51. The van der Waals surface area contributed by atoms with Gasteiger partial charge < -0.3 is 24.4 Å². The molecule has 0 radical (unpaired) electrons. The average molecular weight is 585 g/mol. The molecule has 0 saturated heterocycles. The Morgan fingerprint density at radius 2 is 1.57 bits per heavy atom. The van der Waals surface area contributed by atoms with E-state index in [1.807, 2.05) is 97.4 Å². The third-order valence-corrected chi connectivity index (χ3v) is 7.79. The number of hydrogen-bond acceptors (Lipinski definition) is 8. The van der Waals surface area contributed by atoms with Crippen LogP contribution in [0.1, 0.15) is 29.8 Å². The van der Waals surface area contributed by atoms with Crippen LogP contribution in [-0.4, -0.2) is 42.3 Å². The Balaban J connectivity index is 1.44. The van der Waals surface area contributed by atoms with E-state index in [1.165, 1.54) is 0 Å². The first-order chi connectivity index (χ1) is 21.6. The number of nitrogens with zero attached hydrogens (tertiary/aromatic N) is 5. The lowest BCUT2D eigenvalue weighted by Crippen LogP contribution is -2.46. The molecule has 0 fully saturated rings. The maximum atomic E-state index is 5.78. The van der Waals surface area contributed by atoms with E-state index >= 15 is 0 Å². The number of aromatic nitrogens is 2. The lowest BCUT2D eigenvalue weighted by atomic mass is 9.93. The first-order valence-corrected chi connectivity index (χ1v) is 14.5. The zero-order chi connectivity index (χ0) is 30.2. The van der Waals surface area contributed by atoms with Crippen molar-refractivity contribution in [3.8, 4) is 22.9 Å². The molecule has 7 rings (SSSR count). The number of para-hydroxylation sites is 3. The molecule has 9 nitrogen and oxygen atoms in total. The Bertz CT molecular complexity index is 1900. The van der Waals surface area contributed by atoms with Crippen molar-refractivity contribution in [2.24, 2.45) is 9.98 Å². The molecule has 2 aliphatic heterocycles. The fourth-order valence-electron chi connectivity index (χ4n) is 5.83. The Kier molecular flexibility index (Phi) is 6.98. The number of ether oxygens (including phenoxy) is 3. The number of methoxy groups -OCH3 is 2. The van der Waals surface area contributed by atoms with Gasteiger partial charge in [0.05, 0.1) is 49.6 Å². The summed E-state index contributed by atoms with van der Waals surface area (Å²) in [5.74, 6) is 4.14. The lowest BCUT2D eigenvalue weighted by molar-refractivity contribution is 0.340. The van der Waals surface area contributed by atoms with Crippen molar-refractivity contribution < 1.29 is 14.2 Å². The monoisotopic (exact) mass is 584 g/mol. The van der Waals surface area contributed by atoms with Crippen molar-refractivity contribution >= 4 is 34.6 Å². The molecule has 2 aliphatic rings. The number of amidine groups is 2. The second kappa shape index (κ2) is 11.3. The number of fused-ring (bicyclic) bond motifs is 4. The minimum atomic E-state index is -0.232. The third kappa shape index (κ3) is 4.63. The van der Waals surface area contributed by atoms with Gasteiger partial charge in [0.15, 0.2) is 29.0 Å². The maximum Gasteiger partial charge on any atom is 0.179 e. The van der Waals surface area contributed by atoms with Gasteiger partial charge in [-0.3, -0.25) is 0 Å². The summed E-state index contributed by atoms with van der Waals surface area (Å²) < 4.78 is 18.7. The molecular formula is C35H32N6O3. The van der Waals surface area contributed by atoms with E-state index in [9.17, 15) is 0 Å². The largest absolute Gasteiger partial charge is 0.494 e. The van der Waals surface area contributed by atoms with Gasteiger partial charge in [-0.25, -0.2) is 14.7 Å². The van der Waals surface area contributed by atoms with E-state index in [-0.39, 0.29) is 6.04 Å². The van der Waals surface area contributed by atoms with Crippen molar-refractivity contribution in [3.05, 3.63) is 114 Å². The van der Waals surface area contributed by atoms with Gasteiger partial charge in [-0.2, -0.15) is 5.10 Å². The molecular weight excluding hydrogens is 552 g/mol. The molecule has 1 atom stereocenters. The summed E-state index contributed by atoms with van der Waals surface area (Å²) in [6.45, 7) is 4.64. The number of aliphatic imine (C=N–C) groups is 2. The quantitative estimate of drug-likeness (QED) is 0.215. The topological polar surface area (TPSA) is 85.5 Å². The molecule has 0 unspecified atom stereocenters. The molecule has 0 aliphatic carbocycles. The van der Waals surface area contributed by atoms with E-state index in [2.05, 4.69) is 28.4 Å². The second-order valence-corrected chi connectivity index (χ2v) is 10.4. The van der Waals surface area contributed by atoms with Crippen molar-refractivity contribution in [3.63, 3.8) is 0 Å². The van der Waals surface area contributed by atoms with Gasteiger partial charge in [0.1, 0.15) is 5.75 Å². The first-order valence-electron chi connectivity index (χ1n) is 14.5. The van der Waals surface area contributed by atoms with Crippen LogP contribution in [0.2, 0.25) is 0 Å². The van der Waals surface area contributed by atoms with E-state index < -0.39 is 0 Å². The van der Waals surface area contributed by atoms with Gasteiger partial charge in [-0.15, -0.1) is 0 Å². The summed E-state index contributed by atoms with van der Waals surface area (Å²) in [6, 6.07) is 32.0. The van der Waals surface area contributed by atoms with E-state index in [0.29, 0.717) is 29.8 Å². The molecule has 44 heavy (non-hydrogen) atoms. The highest BCUT2D eigenvalue weighted by atomic mass is 16.5. The molecule has 5 aromatic rings. The van der Waals surface area contributed by atoms with Crippen LogP contribution in [0.5, 0.6) is 17.2 Å². The average Bonchev–Trinajstić information content (AvgIpc) is 3.40. The number of aryl methyl sites for hydroxylation is 1. The zero-order valence-corrected chi connectivity index (χ0v) is 25.0. The molecule has 0 saturated carbocycles. The van der Waals surface area contributed by atoms with Gasteiger partial charge in [0, 0.05) is 17.3 Å². The number of benzene rings is 4. The summed E-state index contributed by atoms with van der Waals surface area (Å²) in [5.41, 5.74) is 6.54. The van der Waals surface area contributed by atoms with Gasteiger partial charge in [-0.05, 0) is 67.9 Å². The minimum Gasteiger partial charge on any atom is -0.494 e. The predicted octanol–water partition coefficient (Wildman–Crippen LogP) is 7.39. The normalized spacial score (nSPS) is 14.9. The van der Waals surface area contributed by atoms with E-state index in [1.54, 1.807) is 14.2 Å². The molecule has 4 aromatic carbocycles. The SMILES string of the molecule is CCOc1ccc([C@@H]2c3c(C)nn(-c4ccccc4)c3N=C3C(Nc4ccc(OC)c(OC)c4)=Nc4ccccc4N32)cc1. The third-order valence-electron chi connectivity index (χ3n) is 7.79. The van der Waals surface area contributed by atoms with Gasteiger partial charge >= 0.3 is 0 Å². The van der Waals surface area contributed by atoms with Gasteiger partial charge in [0.2, 0.25) is 0 Å². The van der Waals surface area contributed by atoms with Crippen molar-refractivity contribution in [1.82, 2.24) is 9.78 Å². The number of rotatable bonds is 7. The van der Waals surface area contributed by atoms with Crippen LogP contribution in [0.25, 0.3) is 5.69 Å². The summed E-state index contributed by atoms with van der Waals surface area (Å²) in [7, 11) is 3.25. The van der Waals surface area contributed by atoms with E-state index in [0.717, 1.165) is 51.1 Å². The molecule has 0 spiro atoms. The fourth-order valence-corrected chi connectivity index (χ4v) is 5.83. The Hall–Kier alpha value is -5.57. The summed E-state index contributed by atoms with van der Waals surface area (Å²) >= 11 is 0. The maximum absolute atomic E-state index is 5.78. The molecule has 1 aromatic heterocycles. The predicted molar refractivity (Wildman–Crippen MR) is 174 cm³/mol. The molecule has 0 amide bonds. The number of hydrogen-bond donors (Lipinski definition) is 1. The van der Waals surface area contributed by atoms with Gasteiger partial charge in [-0.1, -0.05) is 42.5 Å². The Morgan fingerprint density at radius 3 is 2.32 bits per heavy atom. The number of nitrogens with one attached hydrogen (secondary N) is 1. The second-order valence-electron chi connectivity index (χ2n) is 10.4. The summed E-state index contributed by atoms with van der Waals surface area (Å²) in [4.78, 5) is 12.6. The van der Waals surface area contributed by atoms with Crippen LogP contribution in [-0.2, 0) is 0 Å². The molecule has 9 heteroatoms. The first kappa shape index (κ1) is 27.3. The smallest absolute Gasteiger partial charge is 0.179 e. The van der Waals surface area contributed by atoms with Crippen LogP contribution in [0.3, 0.4) is 0 Å². The molecule has 220 valence electrons. The van der Waals surface area contributed by atoms with Crippen LogP contribution < -0.4 is 24.4 Å². The fraction of sp³-hybridized carbons (Fsp3) is 0.171. The van der Waals surface area contributed by atoms with Crippen molar-refractivity contribution in [2.45, 2.75) is 19.9 Å². The Morgan fingerprint density at radius 1 is 0.818 bits per heavy atom. The summed E-state index contributed by atoms with van der Waals surface area (Å²) in [5, 5.41) is 8.55. The highest BCUT2D eigenvalue weighted by Crippen LogP contribution is 2.48. The summed E-state index contributed by atoms with van der Waals surface area (Å²) in [6.07, 6.45) is 0. The lowest BCUT2D eigenvalue weighted by Gasteiger charge is -2.40. The van der Waals surface area contributed by atoms with Crippen molar-refractivity contribution in [2.75, 3.05) is 31.0 Å². The molecule has 3 heterocycles. The number of anilines is 2. The van der Waals surface area contributed by atoms with E-state index in [4.69, 9.17) is 29.3 Å². The van der Waals surface area contributed by atoms with Crippen LogP contribution in [0.4, 0.5) is 22.9 Å². The Labute approximate surface area is 256 Å². The van der Waals surface area contributed by atoms with Crippen LogP contribution in [0.15, 0.2) is 107 Å².